The van der Waals surface area contributed by atoms with Crippen LogP contribution in [0, 0.1) is 0 Å². The number of nitrogens with zero attached hydrogens (tertiary/aromatic N) is 3. The number of halogens is 3. The number of thiophene rings is 1. The van der Waals surface area contributed by atoms with E-state index >= 15 is 0 Å². The molecule has 9 heteroatoms. The molecule has 1 amide bonds. The van der Waals surface area contributed by atoms with E-state index < -0.39 is 29.9 Å². The maximum Gasteiger partial charge on any atom is 0.425 e. The monoisotopic (exact) mass is 373 g/mol. The van der Waals surface area contributed by atoms with E-state index in [0.29, 0.717) is 13.0 Å². The Kier molecular flexibility index (Phi) is 4.63. The van der Waals surface area contributed by atoms with Gasteiger partial charge in [-0.2, -0.15) is 13.2 Å². The van der Waals surface area contributed by atoms with E-state index in [4.69, 9.17) is 0 Å². The molecule has 25 heavy (non-hydrogen) atoms. The van der Waals surface area contributed by atoms with Crippen LogP contribution < -0.4 is 0 Å². The summed E-state index contributed by atoms with van der Waals surface area (Å²) >= 11 is 1.47. The number of alkyl halides is 3. The predicted molar refractivity (Wildman–Crippen MR) is 85.8 cm³/mol. The largest absolute Gasteiger partial charge is 0.425 e. The molecule has 0 saturated carbocycles. The van der Waals surface area contributed by atoms with Gasteiger partial charge in [0.2, 0.25) is 11.5 Å². The Morgan fingerprint density at radius 1 is 1.48 bits per heavy atom. The average Bonchev–Trinajstić information content (AvgIpc) is 3.26. The molecule has 3 rings (SSSR count). The van der Waals surface area contributed by atoms with E-state index in [0.717, 1.165) is 15.9 Å². The van der Waals surface area contributed by atoms with E-state index in [-0.39, 0.29) is 6.04 Å². The minimum absolute atomic E-state index is 0.230. The van der Waals surface area contributed by atoms with E-state index in [1.807, 2.05) is 17.5 Å². The van der Waals surface area contributed by atoms with Crippen molar-refractivity contribution < 1.29 is 23.1 Å². The van der Waals surface area contributed by atoms with Crippen molar-refractivity contribution in [2.45, 2.75) is 37.1 Å². The highest BCUT2D eigenvalue weighted by molar-refractivity contribution is 7.10. The lowest BCUT2D eigenvalue weighted by Gasteiger charge is -2.32. The number of carbonyl (C=O) groups excluding carboxylic acids is 1. The highest BCUT2D eigenvalue weighted by Crippen LogP contribution is 2.43. The average molecular weight is 373 g/mol. The van der Waals surface area contributed by atoms with Crippen LogP contribution in [0.5, 0.6) is 0 Å². The Labute approximate surface area is 146 Å². The summed E-state index contributed by atoms with van der Waals surface area (Å²) in [5, 5.41) is 12.3. The first-order chi connectivity index (χ1) is 11.7. The third kappa shape index (κ3) is 3.18. The summed E-state index contributed by atoms with van der Waals surface area (Å²) in [6.45, 7) is 0.385. The van der Waals surface area contributed by atoms with Gasteiger partial charge in [-0.05, 0) is 24.3 Å². The van der Waals surface area contributed by atoms with E-state index in [2.05, 4.69) is 4.98 Å². The topological polar surface area (TPSA) is 58.4 Å². The van der Waals surface area contributed by atoms with Crippen LogP contribution >= 0.6 is 11.3 Å². The predicted octanol–water partition coefficient (Wildman–Crippen LogP) is 2.99. The molecular weight excluding hydrogens is 355 g/mol. The van der Waals surface area contributed by atoms with Crippen LogP contribution in [0.25, 0.3) is 0 Å². The second-order valence-corrected chi connectivity index (χ2v) is 7.14. The van der Waals surface area contributed by atoms with Crippen LogP contribution in [-0.4, -0.2) is 38.2 Å². The fraction of sp³-hybridized carbons (Fsp3) is 0.500. The molecule has 2 unspecified atom stereocenters. The second kappa shape index (κ2) is 6.45. The standard InChI is InChI=1S/C16H18F3N3O2S/c1-21-8-6-20-14(21)15(24,16(17,18)19)10-13(23)22-7-2-4-11(22)12-5-3-9-25-12/h3,5-6,8-9,11,24H,2,4,7,10H2,1H3. The van der Waals surface area contributed by atoms with Gasteiger partial charge >= 0.3 is 6.18 Å². The van der Waals surface area contributed by atoms with Gasteiger partial charge in [0, 0.05) is 30.9 Å². The van der Waals surface area contributed by atoms with Gasteiger partial charge in [0.1, 0.15) is 0 Å². The molecule has 1 saturated heterocycles. The molecule has 136 valence electrons. The quantitative estimate of drug-likeness (QED) is 0.896. The van der Waals surface area contributed by atoms with Crippen LogP contribution in [0.4, 0.5) is 13.2 Å². The molecule has 1 aliphatic heterocycles. The maximum atomic E-state index is 13.6. The van der Waals surface area contributed by atoms with Gasteiger partial charge < -0.3 is 14.6 Å². The van der Waals surface area contributed by atoms with Crippen molar-refractivity contribution in [1.82, 2.24) is 14.5 Å². The molecule has 2 atom stereocenters. The highest BCUT2D eigenvalue weighted by atomic mass is 32.1. The zero-order valence-electron chi connectivity index (χ0n) is 13.5. The summed E-state index contributed by atoms with van der Waals surface area (Å²) < 4.78 is 41.9. The molecule has 0 spiro atoms. The molecule has 0 aliphatic carbocycles. The minimum atomic E-state index is -5.01. The Morgan fingerprint density at radius 3 is 2.80 bits per heavy atom. The van der Waals surface area contributed by atoms with Crippen molar-refractivity contribution in [3.8, 4) is 0 Å². The van der Waals surface area contributed by atoms with Gasteiger partial charge in [0.25, 0.3) is 0 Å². The lowest BCUT2D eigenvalue weighted by Crippen LogP contribution is -2.48. The molecule has 1 fully saturated rings. The first kappa shape index (κ1) is 17.9. The fourth-order valence-corrected chi connectivity index (χ4v) is 4.11. The Balaban J connectivity index is 1.87. The minimum Gasteiger partial charge on any atom is -0.374 e. The van der Waals surface area contributed by atoms with Gasteiger partial charge in [-0.15, -0.1) is 11.3 Å². The third-order valence-electron chi connectivity index (χ3n) is 4.51. The maximum absolute atomic E-state index is 13.6. The van der Waals surface area contributed by atoms with Crippen molar-refractivity contribution in [2.24, 2.45) is 7.05 Å². The van der Waals surface area contributed by atoms with Crippen molar-refractivity contribution in [2.75, 3.05) is 6.54 Å². The lowest BCUT2D eigenvalue weighted by molar-refractivity contribution is -0.272. The zero-order chi connectivity index (χ0) is 18.2. The van der Waals surface area contributed by atoms with Gasteiger partial charge in [-0.25, -0.2) is 4.98 Å². The first-order valence-corrected chi connectivity index (χ1v) is 8.72. The number of carbonyl (C=O) groups is 1. The van der Waals surface area contributed by atoms with Crippen molar-refractivity contribution in [3.63, 3.8) is 0 Å². The fourth-order valence-electron chi connectivity index (χ4n) is 3.23. The summed E-state index contributed by atoms with van der Waals surface area (Å²) in [5.74, 6) is -1.31. The summed E-state index contributed by atoms with van der Waals surface area (Å²) in [4.78, 5) is 18.7. The van der Waals surface area contributed by atoms with E-state index in [1.54, 1.807) is 0 Å². The summed E-state index contributed by atoms with van der Waals surface area (Å²) in [6, 6.07) is 3.49. The van der Waals surface area contributed by atoms with E-state index in [1.165, 1.54) is 35.7 Å². The molecule has 5 nitrogen and oxygen atoms in total. The molecule has 1 N–H and O–H groups in total. The lowest BCUT2D eigenvalue weighted by atomic mass is 9.96. The number of aryl methyl sites for hydroxylation is 1. The molecule has 0 bridgehead atoms. The number of aliphatic hydroxyl groups is 1. The second-order valence-electron chi connectivity index (χ2n) is 6.16. The van der Waals surface area contributed by atoms with Crippen molar-refractivity contribution in [1.29, 1.82) is 0 Å². The number of imidazole rings is 1. The zero-order valence-corrected chi connectivity index (χ0v) is 14.3. The molecular formula is C16H18F3N3O2S. The molecule has 2 aromatic rings. The number of amides is 1. The molecule has 2 aromatic heterocycles. The van der Waals surface area contributed by atoms with Crippen LogP contribution in [0.2, 0.25) is 0 Å². The van der Waals surface area contributed by atoms with Crippen LogP contribution in [0.15, 0.2) is 29.9 Å². The number of aromatic nitrogens is 2. The number of hydrogen-bond acceptors (Lipinski definition) is 4. The summed E-state index contributed by atoms with van der Waals surface area (Å²) in [6.07, 6.45) is -2.19. The Hall–Kier alpha value is -1.87. The smallest absolute Gasteiger partial charge is 0.374 e. The molecule has 1 aliphatic rings. The van der Waals surface area contributed by atoms with Gasteiger partial charge in [0.05, 0.1) is 12.5 Å². The Bertz CT molecular complexity index is 744. The third-order valence-corrected chi connectivity index (χ3v) is 5.49. The van der Waals surface area contributed by atoms with Crippen LogP contribution in [0.1, 0.15) is 36.0 Å². The number of hydrogen-bond donors (Lipinski definition) is 1. The van der Waals surface area contributed by atoms with Crippen molar-refractivity contribution in [3.05, 3.63) is 40.6 Å². The number of rotatable bonds is 4. The van der Waals surface area contributed by atoms with Gasteiger partial charge in [-0.1, -0.05) is 6.07 Å². The molecule has 0 radical (unpaired) electrons. The van der Waals surface area contributed by atoms with Gasteiger partial charge in [0.15, 0.2) is 5.82 Å². The van der Waals surface area contributed by atoms with Gasteiger partial charge in [-0.3, -0.25) is 4.79 Å². The SMILES string of the molecule is Cn1ccnc1C(O)(CC(=O)N1CCCC1c1cccs1)C(F)(F)F. The first-order valence-electron chi connectivity index (χ1n) is 7.84. The summed E-state index contributed by atoms with van der Waals surface area (Å²) in [7, 11) is 1.35. The molecule has 3 heterocycles. The normalized spacial score (nSPS) is 20.7. The number of likely N-dealkylation sites (tertiary alicyclic amines) is 1. The Morgan fingerprint density at radius 2 is 2.24 bits per heavy atom. The van der Waals surface area contributed by atoms with Crippen molar-refractivity contribution >= 4 is 17.2 Å². The molecule has 0 aromatic carbocycles. The van der Waals surface area contributed by atoms with Crippen LogP contribution in [0.3, 0.4) is 0 Å². The highest BCUT2D eigenvalue weighted by Gasteiger charge is 2.59. The van der Waals surface area contributed by atoms with E-state index in [9.17, 15) is 23.1 Å². The van der Waals surface area contributed by atoms with Crippen LogP contribution in [-0.2, 0) is 17.4 Å². The summed E-state index contributed by atoms with van der Waals surface area (Å²) in [5.41, 5.74) is -3.31.